The number of aldehydes is 1. The van der Waals surface area contributed by atoms with Crippen LogP contribution < -0.4 is 0 Å². The molecule has 2 rings (SSSR count). The third-order valence-electron chi connectivity index (χ3n) is 2.31. The van der Waals surface area contributed by atoms with Crippen molar-refractivity contribution in [2.24, 2.45) is 0 Å². The molecule has 16 heavy (non-hydrogen) atoms. The van der Waals surface area contributed by atoms with Crippen molar-refractivity contribution >= 4 is 33.5 Å². The first-order chi connectivity index (χ1) is 7.61. The summed E-state index contributed by atoms with van der Waals surface area (Å²) in [6.07, 6.45) is 1.01. The Balaban J connectivity index is 2.61. The van der Waals surface area contributed by atoms with E-state index >= 15 is 0 Å². The second-order valence-electron chi connectivity index (χ2n) is 3.62. The van der Waals surface area contributed by atoms with Crippen LogP contribution in [0.2, 0.25) is 0 Å². The summed E-state index contributed by atoms with van der Waals surface area (Å²) < 4.78 is 0.913. The lowest BCUT2D eigenvalue weighted by Gasteiger charge is -1.97. The Hall–Kier alpha value is -1.68. The minimum atomic E-state index is -0.0188. The molecule has 0 amide bonds. The molecule has 0 fully saturated rings. The van der Waals surface area contributed by atoms with E-state index in [0.717, 1.165) is 15.0 Å². The van der Waals surface area contributed by atoms with Gasteiger partial charge in [-0.1, -0.05) is 0 Å². The molecule has 4 heteroatoms. The van der Waals surface area contributed by atoms with Crippen LogP contribution in [-0.2, 0) is 11.2 Å². The molecule has 82 valence electrons. The van der Waals surface area contributed by atoms with Gasteiger partial charge in [0.05, 0.1) is 5.56 Å². The van der Waals surface area contributed by atoms with Crippen LogP contribution in [0.15, 0.2) is 18.2 Å². The molecule has 0 spiro atoms. The molecule has 0 saturated carbocycles. The van der Waals surface area contributed by atoms with Crippen molar-refractivity contribution in [3.8, 4) is 5.75 Å². The third-order valence-corrected chi connectivity index (χ3v) is 3.41. The fraction of sp³-hybridized carbons (Fsp3) is 0.167. The quantitative estimate of drug-likeness (QED) is 0.830. The van der Waals surface area contributed by atoms with Crippen LogP contribution in [0.1, 0.15) is 22.2 Å². The molecule has 1 N–H and O–H groups in total. The number of hydrogen-bond donors (Lipinski definition) is 1. The molecule has 0 aliphatic rings. The largest absolute Gasteiger partial charge is 0.507 e. The van der Waals surface area contributed by atoms with Gasteiger partial charge in [0.2, 0.25) is 0 Å². The van der Waals surface area contributed by atoms with Gasteiger partial charge in [-0.15, -0.1) is 11.3 Å². The van der Waals surface area contributed by atoms with E-state index < -0.39 is 0 Å². The van der Waals surface area contributed by atoms with Gasteiger partial charge in [0.1, 0.15) is 11.5 Å². The number of fused-ring (bicyclic) bond motifs is 1. The number of ketones is 1. The van der Waals surface area contributed by atoms with Crippen LogP contribution in [0.3, 0.4) is 0 Å². The van der Waals surface area contributed by atoms with Crippen molar-refractivity contribution in [1.29, 1.82) is 0 Å². The van der Waals surface area contributed by atoms with Crippen LogP contribution in [0.4, 0.5) is 0 Å². The maximum atomic E-state index is 11.0. The Bertz CT molecular complexity index is 569. The molecule has 0 atom stereocenters. The number of hydrogen-bond acceptors (Lipinski definition) is 4. The first-order valence-electron chi connectivity index (χ1n) is 4.81. The van der Waals surface area contributed by atoms with Crippen molar-refractivity contribution in [1.82, 2.24) is 0 Å². The Morgan fingerprint density at radius 3 is 2.88 bits per heavy atom. The number of benzene rings is 1. The van der Waals surface area contributed by atoms with Gasteiger partial charge in [-0.2, -0.15) is 0 Å². The first-order valence-corrected chi connectivity index (χ1v) is 5.62. The van der Waals surface area contributed by atoms with E-state index in [1.807, 2.05) is 0 Å². The van der Waals surface area contributed by atoms with Gasteiger partial charge in [0.15, 0.2) is 6.29 Å². The molecule has 1 aromatic heterocycles. The normalized spacial score (nSPS) is 10.6. The minimum Gasteiger partial charge on any atom is -0.507 e. The number of carbonyl (C=O) groups excluding carboxylic acids is 2. The van der Waals surface area contributed by atoms with Gasteiger partial charge in [-0.25, -0.2) is 0 Å². The summed E-state index contributed by atoms with van der Waals surface area (Å²) in [7, 11) is 0. The highest BCUT2D eigenvalue weighted by atomic mass is 32.1. The number of phenols is 1. The molecule has 0 unspecified atom stereocenters. The van der Waals surface area contributed by atoms with E-state index in [2.05, 4.69) is 0 Å². The zero-order chi connectivity index (χ0) is 11.7. The van der Waals surface area contributed by atoms with E-state index in [0.29, 0.717) is 18.3 Å². The summed E-state index contributed by atoms with van der Waals surface area (Å²) in [5.74, 6) is 0.0677. The molecular weight excluding hydrogens is 224 g/mol. The summed E-state index contributed by atoms with van der Waals surface area (Å²) in [5.41, 5.74) is 0.295. The maximum Gasteiger partial charge on any atom is 0.154 e. The lowest BCUT2D eigenvalue weighted by atomic mass is 10.1. The molecule has 0 bridgehead atoms. The fourth-order valence-corrected chi connectivity index (χ4v) is 2.78. The van der Waals surface area contributed by atoms with Crippen molar-refractivity contribution in [2.45, 2.75) is 13.3 Å². The van der Waals surface area contributed by atoms with Gasteiger partial charge in [0, 0.05) is 21.4 Å². The second kappa shape index (κ2) is 4.06. The second-order valence-corrected chi connectivity index (χ2v) is 4.79. The van der Waals surface area contributed by atoms with E-state index in [1.54, 1.807) is 12.1 Å². The van der Waals surface area contributed by atoms with Gasteiger partial charge in [0.25, 0.3) is 0 Å². The van der Waals surface area contributed by atoms with Crippen molar-refractivity contribution < 1.29 is 14.7 Å². The summed E-state index contributed by atoms with van der Waals surface area (Å²) in [6.45, 7) is 1.53. The maximum absolute atomic E-state index is 11.0. The highest BCUT2D eigenvalue weighted by Crippen LogP contribution is 2.32. The van der Waals surface area contributed by atoms with Crippen molar-refractivity contribution in [3.63, 3.8) is 0 Å². The van der Waals surface area contributed by atoms with E-state index in [4.69, 9.17) is 0 Å². The standard InChI is InChI=1S/C12H10O3S/c1-7(14)4-8-5-9-10(6-13)11(15)2-3-12(9)16-8/h2-3,5-6,15H,4H2,1H3. The number of Topliss-reactive ketones (excluding diaryl/α,β-unsaturated/α-hetero) is 1. The Kier molecular flexibility index (Phi) is 2.75. The summed E-state index contributed by atoms with van der Waals surface area (Å²) in [5, 5.41) is 10.2. The van der Waals surface area contributed by atoms with E-state index in [1.165, 1.54) is 24.3 Å². The Morgan fingerprint density at radius 1 is 1.50 bits per heavy atom. The highest BCUT2D eigenvalue weighted by Gasteiger charge is 2.10. The molecule has 3 nitrogen and oxygen atoms in total. The van der Waals surface area contributed by atoms with Crippen LogP contribution in [0, 0.1) is 0 Å². The predicted molar refractivity (Wildman–Crippen MR) is 63.3 cm³/mol. The lowest BCUT2D eigenvalue weighted by Crippen LogP contribution is -1.92. The monoisotopic (exact) mass is 234 g/mol. The molecule has 0 radical (unpaired) electrons. The smallest absolute Gasteiger partial charge is 0.154 e. The van der Waals surface area contributed by atoms with Gasteiger partial charge in [-0.05, 0) is 25.1 Å². The molecule has 2 aromatic rings. The number of phenolic OH excluding ortho intramolecular Hbond substituents is 1. The average Bonchev–Trinajstić information content (AvgIpc) is 2.59. The molecule has 0 aliphatic carbocycles. The van der Waals surface area contributed by atoms with Gasteiger partial charge in [-0.3, -0.25) is 9.59 Å². The summed E-state index contributed by atoms with van der Waals surface area (Å²) >= 11 is 1.47. The molecule has 1 aromatic carbocycles. The third kappa shape index (κ3) is 1.84. The topological polar surface area (TPSA) is 54.4 Å². The minimum absolute atomic E-state index is 0.0188. The zero-order valence-corrected chi connectivity index (χ0v) is 9.50. The van der Waals surface area contributed by atoms with E-state index in [-0.39, 0.29) is 11.5 Å². The van der Waals surface area contributed by atoms with Crippen LogP contribution in [0.25, 0.3) is 10.1 Å². The fourth-order valence-electron chi connectivity index (χ4n) is 1.63. The van der Waals surface area contributed by atoms with Crippen LogP contribution in [0.5, 0.6) is 5.75 Å². The predicted octanol–water partition coefficient (Wildman–Crippen LogP) is 2.55. The average molecular weight is 234 g/mol. The summed E-state index contributed by atoms with van der Waals surface area (Å²) in [6, 6.07) is 5.05. The molecular formula is C12H10O3S. The van der Waals surface area contributed by atoms with Crippen molar-refractivity contribution in [3.05, 3.63) is 28.6 Å². The number of carbonyl (C=O) groups is 2. The molecule has 1 heterocycles. The van der Waals surface area contributed by atoms with E-state index in [9.17, 15) is 14.7 Å². The van der Waals surface area contributed by atoms with Gasteiger partial charge < -0.3 is 5.11 Å². The molecule has 0 saturated heterocycles. The van der Waals surface area contributed by atoms with Crippen LogP contribution in [-0.4, -0.2) is 17.2 Å². The SMILES string of the molecule is CC(=O)Cc1cc2c(C=O)c(O)ccc2s1. The van der Waals surface area contributed by atoms with Gasteiger partial charge >= 0.3 is 0 Å². The highest BCUT2D eigenvalue weighted by molar-refractivity contribution is 7.19. The number of rotatable bonds is 3. The first kappa shape index (κ1) is 10.8. The molecule has 0 aliphatic heterocycles. The zero-order valence-electron chi connectivity index (χ0n) is 8.69. The lowest BCUT2D eigenvalue weighted by molar-refractivity contribution is -0.116. The Morgan fingerprint density at radius 2 is 2.25 bits per heavy atom. The number of thiophene rings is 1. The number of aromatic hydroxyl groups is 1. The van der Waals surface area contributed by atoms with Crippen molar-refractivity contribution in [2.75, 3.05) is 0 Å². The van der Waals surface area contributed by atoms with Crippen LogP contribution >= 0.6 is 11.3 Å². The Labute approximate surface area is 96.3 Å². The summed E-state index contributed by atoms with van der Waals surface area (Å²) in [4.78, 5) is 22.8.